The molecule has 0 bridgehead atoms. The Hall–Kier alpha value is -4.17. The molecule has 1 aliphatic heterocycles. The summed E-state index contributed by atoms with van der Waals surface area (Å²) in [5, 5.41) is 11.6. The van der Waals surface area contributed by atoms with Crippen LogP contribution in [-0.4, -0.2) is 50.1 Å². The summed E-state index contributed by atoms with van der Waals surface area (Å²) in [4.78, 5) is 28.1. The molecule has 8 nitrogen and oxygen atoms in total. The van der Waals surface area contributed by atoms with Gasteiger partial charge in [-0.05, 0) is 53.6 Å². The fourth-order valence-electron chi connectivity index (χ4n) is 4.31. The van der Waals surface area contributed by atoms with E-state index in [1.807, 2.05) is 12.1 Å². The summed E-state index contributed by atoms with van der Waals surface area (Å²) in [5.41, 5.74) is 1.55. The number of amides is 1. The van der Waals surface area contributed by atoms with Crippen LogP contribution in [0.3, 0.4) is 0 Å². The summed E-state index contributed by atoms with van der Waals surface area (Å²) in [6, 6.07) is 16.0. The lowest BCUT2D eigenvalue weighted by molar-refractivity contribution is -0.140. The molecule has 4 rings (SSSR count). The molecule has 192 valence electrons. The van der Waals surface area contributed by atoms with E-state index in [-0.39, 0.29) is 28.5 Å². The highest BCUT2D eigenvalue weighted by Crippen LogP contribution is 2.43. The number of nitrogens with zero attached hydrogens (tertiary/aromatic N) is 1. The molecule has 0 radical (unpaired) electrons. The number of halogens is 1. The van der Waals surface area contributed by atoms with Gasteiger partial charge in [0.15, 0.2) is 11.5 Å². The highest BCUT2D eigenvalue weighted by atomic mass is 35.5. The molecule has 1 N–H and O–H groups in total. The molecule has 3 aromatic carbocycles. The standard InChI is InChI=1S/C28H26ClNO7/c1-34-19-9-5-16(6-10-19)15-30-25(17-7-12-22(36-3)23(14-17)37-4)24(27(32)28(30)33)26(31)18-8-11-21(35-2)20(29)13-18/h5-14,25,31H,15H2,1-4H3/b26-24-. The average molecular weight is 524 g/mol. The van der Waals surface area contributed by atoms with Gasteiger partial charge in [-0.3, -0.25) is 9.59 Å². The molecule has 0 saturated carbocycles. The van der Waals surface area contributed by atoms with E-state index >= 15 is 0 Å². The van der Waals surface area contributed by atoms with E-state index < -0.39 is 17.7 Å². The number of carbonyl (C=O) groups is 2. The molecule has 1 fully saturated rings. The largest absolute Gasteiger partial charge is 0.507 e. The number of ether oxygens (including phenoxy) is 4. The average Bonchev–Trinajstić information content (AvgIpc) is 3.17. The van der Waals surface area contributed by atoms with E-state index in [9.17, 15) is 14.7 Å². The molecule has 1 heterocycles. The van der Waals surface area contributed by atoms with Crippen molar-refractivity contribution in [3.05, 3.63) is 87.9 Å². The van der Waals surface area contributed by atoms with Crippen molar-refractivity contribution >= 4 is 29.1 Å². The summed E-state index contributed by atoms with van der Waals surface area (Å²) in [5.74, 6) is 0.0884. The third-order valence-corrected chi connectivity index (χ3v) is 6.50. The number of hydrogen-bond donors (Lipinski definition) is 1. The predicted octanol–water partition coefficient (Wildman–Crippen LogP) is 5.00. The zero-order valence-corrected chi connectivity index (χ0v) is 21.5. The maximum absolute atomic E-state index is 13.3. The Balaban J connectivity index is 1.87. The second-order valence-electron chi connectivity index (χ2n) is 8.24. The first-order valence-corrected chi connectivity index (χ1v) is 11.7. The Morgan fingerprint density at radius 2 is 1.49 bits per heavy atom. The van der Waals surface area contributed by atoms with Crippen molar-refractivity contribution in [1.82, 2.24) is 4.90 Å². The molecule has 1 aliphatic rings. The van der Waals surface area contributed by atoms with Crippen molar-refractivity contribution in [2.24, 2.45) is 0 Å². The summed E-state index contributed by atoms with van der Waals surface area (Å²) in [6.07, 6.45) is 0. The van der Waals surface area contributed by atoms with Gasteiger partial charge in [0.25, 0.3) is 11.7 Å². The van der Waals surface area contributed by atoms with Crippen LogP contribution in [-0.2, 0) is 16.1 Å². The van der Waals surface area contributed by atoms with Crippen LogP contribution in [0, 0.1) is 0 Å². The highest BCUT2D eigenvalue weighted by molar-refractivity contribution is 6.46. The predicted molar refractivity (Wildman–Crippen MR) is 138 cm³/mol. The minimum Gasteiger partial charge on any atom is -0.507 e. The van der Waals surface area contributed by atoms with Crippen LogP contribution >= 0.6 is 11.6 Å². The van der Waals surface area contributed by atoms with Gasteiger partial charge in [-0.25, -0.2) is 0 Å². The van der Waals surface area contributed by atoms with Crippen molar-refractivity contribution in [3.63, 3.8) is 0 Å². The van der Waals surface area contributed by atoms with Gasteiger partial charge in [0.1, 0.15) is 17.3 Å². The lowest BCUT2D eigenvalue weighted by Gasteiger charge is -2.26. The van der Waals surface area contributed by atoms with Crippen molar-refractivity contribution in [2.75, 3.05) is 28.4 Å². The minimum atomic E-state index is -0.900. The van der Waals surface area contributed by atoms with Gasteiger partial charge < -0.3 is 29.0 Å². The smallest absolute Gasteiger partial charge is 0.295 e. The van der Waals surface area contributed by atoms with E-state index in [4.69, 9.17) is 30.5 Å². The summed E-state index contributed by atoms with van der Waals surface area (Å²) in [7, 11) is 6.05. The Morgan fingerprint density at radius 1 is 0.838 bits per heavy atom. The zero-order chi connectivity index (χ0) is 26.7. The number of likely N-dealkylation sites (tertiary alicyclic amines) is 1. The fraction of sp³-hybridized carbons (Fsp3) is 0.214. The maximum atomic E-state index is 13.3. The Morgan fingerprint density at radius 3 is 2.08 bits per heavy atom. The maximum Gasteiger partial charge on any atom is 0.295 e. The number of rotatable bonds is 8. The molecule has 3 aromatic rings. The summed E-state index contributed by atoms with van der Waals surface area (Å²) < 4.78 is 21.2. The second-order valence-corrected chi connectivity index (χ2v) is 8.65. The molecule has 1 unspecified atom stereocenters. The quantitative estimate of drug-likeness (QED) is 0.252. The summed E-state index contributed by atoms with van der Waals surface area (Å²) >= 11 is 6.27. The number of hydrogen-bond acceptors (Lipinski definition) is 7. The Bertz CT molecular complexity index is 1370. The van der Waals surface area contributed by atoms with Gasteiger partial charge in [-0.2, -0.15) is 0 Å². The zero-order valence-electron chi connectivity index (χ0n) is 20.8. The number of carbonyl (C=O) groups excluding carboxylic acids is 2. The number of aliphatic hydroxyl groups is 1. The lowest BCUT2D eigenvalue weighted by atomic mass is 9.94. The molecule has 1 amide bonds. The van der Waals surface area contributed by atoms with Crippen LogP contribution < -0.4 is 18.9 Å². The normalized spacial score (nSPS) is 16.6. The van der Waals surface area contributed by atoms with Crippen LogP contribution in [0.4, 0.5) is 0 Å². The van der Waals surface area contributed by atoms with Crippen LogP contribution in [0.2, 0.25) is 5.02 Å². The van der Waals surface area contributed by atoms with Gasteiger partial charge in [0.2, 0.25) is 0 Å². The van der Waals surface area contributed by atoms with E-state index in [0.717, 1.165) is 5.56 Å². The van der Waals surface area contributed by atoms with Gasteiger partial charge in [0, 0.05) is 12.1 Å². The molecule has 1 atom stereocenters. The number of benzene rings is 3. The first-order chi connectivity index (χ1) is 17.8. The molecule has 0 aromatic heterocycles. The lowest BCUT2D eigenvalue weighted by Crippen LogP contribution is -2.29. The topological polar surface area (TPSA) is 94.5 Å². The van der Waals surface area contributed by atoms with Crippen molar-refractivity contribution in [1.29, 1.82) is 0 Å². The number of methoxy groups -OCH3 is 4. The van der Waals surface area contributed by atoms with Gasteiger partial charge in [-0.1, -0.05) is 29.8 Å². The monoisotopic (exact) mass is 523 g/mol. The van der Waals surface area contributed by atoms with E-state index in [1.54, 1.807) is 49.6 Å². The number of ketones is 1. The van der Waals surface area contributed by atoms with Crippen molar-refractivity contribution < 1.29 is 33.6 Å². The number of aliphatic hydroxyl groups excluding tert-OH is 1. The van der Waals surface area contributed by atoms with E-state index in [2.05, 4.69) is 0 Å². The molecule has 9 heteroatoms. The van der Waals surface area contributed by atoms with Crippen LogP contribution in [0.15, 0.2) is 66.2 Å². The molecule has 37 heavy (non-hydrogen) atoms. The minimum absolute atomic E-state index is 0.0630. The van der Waals surface area contributed by atoms with Crippen molar-refractivity contribution in [3.8, 4) is 23.0 Å². The molecule has 0 spiro atoms. The first kappa shape index (κ1) is 25.9. The fourth-order valence-corrected chi connectivity index (χ4v) is 4.57. The highest BCUT2D eigenvalue weighted by Gasteiger charge is 2.46. The van der Waals surface area contributed by atoms with Gasteiger partial charge in [-0.15, -0.1) is 0 Å². The first-order valence-electron chi connectivity index (χ1n) is 11.3. The third-order valence-electron chi connectivity index (χ3n) is 6.20. The van der Waals surface area contributed by atoms with Crippen LogP contribution in [0.5, 0.6) is 23.0 Å². The Labute approximate surface area is 219 Å². The number of Topliss-reactive ketones (excluding diaryl/α,β-unsaturated/α-hetero) is 1. The van der Waals surface area contributed by atoms with Gasteiger partial charge in [0.05, 0.1) is 45.1 Å². The molecule has 0 aliphatic carbocycles. The van der Waals surface area contributed by atoms with Crippen molar-refractivity contribution in [2.45, 2.75) is 12.6 Å². The second kappa shape index (κ2) is 10.8. The van der Waals surface area contributed by atoms with Gasteiger partial charge >= 0.3 is 0 Å². The Kier molecular flexibility index (Phi) is 7.59. The molecular formula is C28H26ClNO7. The molecule has 1 saturated heterocycles. The molecular weight excluding hydrogens is 498 g/mol. The third kappa shape index (κ3) is 4.93. The van der Waals surface area contributed by atoms with Crippen LogP contribution in [0.25, 0.3) is 5.76 Å². The summed E-state index contributed by atoms with van der Waals surface area (Å²) in [6.45, 7) is 0.119. The van der Waals surface area contributed by atoms with E-state index in [0.29, 0.717) is 28.6 Å². The van der Waals surface area contributed by atoms with E-state index in [1.165, 1.54) is 32.3 Å². The van der Waals surface area contributed by atoms with Crippen LogP contribution in [0.1, 0.15) is 22.7 Å². The SMILES string of the molecule is COc1ccc(CN2C(=O)C(=O)/C(=C(\O)c3ccc(OC)c(Cl)c3)C2c2ccc(OC)c(OC)c2)cc1.